The number of hydrogen-bond donors (Lipinski definition) is 0. The number of amides is 1. The van der Waals surface area contributed by atoms with Crippen LogP contribution in [-0.4, -0.2) is 53.0 Å². The normalized spacial score (nSPS) is 16.9. The van der Waals surface area contributed by atoms with Gasteiger partial charge in [-0.15, -0.1) is 0 Å². The molecular formula is C24H23ClFN5O3S2. The zero-order chi connectivity index (χ0) is 25.3. The first-order valence-corrected chi connectivity index (χ1v) is 14.1. The number of halogens is 2. The number of carbonyl (C=O) groups is 1. The zero-order valence-electron chi connectivity index (χ0n) is 19.1. The van der Waals surface area contributed by atoms with E-state index in [1.807, 2.05) is 0 Å². The van der Waals surface area contributed by atoms with Crippen molar-refractivity contribution >= 4 is 54.2 Å². The molecule has 3 heterocycles. The number of fused-ring (bicyclic) bond motifs is 1. The molecule has 0 N–H and O–H groups in total. The van der Waals surface area contributed by atoms with Gasteiger partial charge in [0.25, 0.3) is 0 Å². The van der Waals surface area contributed by atoms with Crippen molar-refractivity contribution in [3.05, 3.63) is 71.8 Å². The Hall–Kier alpha value is -2.86. The molecule has 1 unspecified atom stereocenters. The fourth-order valence-electron chi connectivity index (χ4n) is 4.29. The van der Waals surface area contributed by atoms with Crippen molar-refractivity contribution in [2.75, 3.05) is 24.5 Å². The van der Waals surface area contributed by atoms with Crippen LogP contribution in [0.5, 0.6) is 0 Å². The molecule has 0 saturated carbocycles. The summed E-state index contributed by atoms with van der Waals surface area (Å²) in [5, 5.41) is 5.02. The largest absolute Gasteiger partial charge is 0.286 e. The molecule has 5 rings (SSSR count). The number of para-hydroxylation sites is 1. The number of rotatable bonds is 7. The molecule has 0 bridgehead atoms. The average molecular weight is 548 g/mol. The first-order chi connectivity index (χ1) is 17.3. The van der Waals surface area contributed by atoms with Crippen LogP contribution in [-0.2, 0) is 21.4 Å². The van der Waals surface area contributed by atoms with Gasteiger partial charge in [0.05, 0.1) is 22.1 Å². The maximum atomic E-state index is 14.3. The molecular weight excluding hydrogens is 525 g/mol. The summed E-state index contributed by atoms with van der Waals surface area (Å²) in [4.78, 5) is 19.9. The second kappa shape index (κ2) is 10.3. The van der Waals surface area contributed by atoms with E-state index < -0.39 is 21.8 Å². The monoisotopic (exact) mass is 547 g/mol. The zero-order valence-corrected chi connectivity index (χ0v) is 21.5. The lowest BCUT2D eigenvalue weighted by atomic mass is 9.98. The highest BCUT2D eigenvalue weighted by molar-refractivity contribution is 7.89. The summed E-state index contributed by atoms with van der Waals surface area (Å²) < 4.78 is 44.5. The molecule has 12 heteroatoms. The first-order valence-electron chi connectivity index (χ1n) is 11.4. The lowest BCUT2D eigenvalue weighted by molar-refractivity contribution is -0.123. The Morgan fingerprint density at radius 2 is 2.00 bits per heavy atom. The molecule has 2 aromatic carbocycles. The molecule has 4 aromatic rings. The molecule has 0 spiro atoms. The summed E-state index contributed by atoms with van der Waals surface area (Å²) in [5.74, 6) is -1.25. The minimum absolute atomic E-state index is 0.0569. The highest BCUT2D eigenvalue weighted by Gasteiger charge is 2.36. The number of benzene rings is 2. The van der Waals surface area contributed by atoms with Gasteiger partial charge in [0.15, 0.2) is 5.13 Å². The number of sulfonamides is 1. The molecule has 0 radical (unpaired) electrons. The van der Waals surface area contributed by atoms with Crippen LogP contribution in [0.3, 0.4) is 0 Å². The van der Waals surface area contributed by atoms with Gasteiger partial charge in [-0.25, -0.2) is 17.8 Å². The van der Waals surface area contributed by atoms with Gasteiger partial charge < -0.3 is 0 Å². The van der Waals surface area contributed by atoms with E-state index in [0.717, 1.165) is 0 Å². The topological polar surface area (TPSA) is 88.4 Å². The Bertz CT molecular complexity index is 1480. The van der Waals surface area contributed by atoms with Crippen LogP contribution in [0.2, 0.25) is 5.02 Å². The SMILES string of the molecule is O=C(C1CCCN(S(=O)(=O)c2ccc(Cl)cc2)C1)N(CCn1cccn1)c1nc2c(F)cccc2s1. The van der Waals surface area contributed by atoms with Gasteiger partial charge >= 0.3 is 0 Å². The summed E-state index contributed by atoms with van der Waals surface area (Å²) in [5.41, 5.74) is 0.213. The van der Waals surface area contributed by atoms with Crippen LogP contribution in [0.25, 0.3) is 10.2 Å². The van der Waals surface area contributed by atoms with Gasteiger partial charge in [0.1, 0.15) is 11.3 Å². The van der Waals surface area contributed by atoms with E-state index in [9.17, 15) is 17.6 Å². The van der Waals surface area contributed by atoms with Crippen LogP contribution in [0.15, 0.2) is 65.8 Å². The smallest absolute Gasteiger partial charge is 0.243 e. The molecule has 1 aliphatic rings. The van der Waals surface area contributed by atoms with E-state index in [0.29, 0.717) is 40.8 Å². The van der Waals surface area contributed by atoms with Crippen molar-refractivity contribution in [2.45, 2.75) is 24.3 Å². The number of anilines is 1. The fourth-order valence-corrected chi connectivity index (χ4v) is 6.95. The Kier molecular flexibility index (Phi) is 7.07. The summed E-state index contributed by atoms with van der Waals surface area (Å²) >= 11 is 7.15. The van der Waals surface area contributed by atoms with Gasteiger partial charge in [-0.1, -0.05) is 29.0 Å². The van der Waals surface area contributed by atoms with Crippen LogP contribution in [0, 0.1) is 11.7 Å². The third kappa shape index (κ3) is 5.01. The van der Waals surface area contributed by atoms with Gasteiger partial charge in [0.2, 0.25) is 15.9 Å². The van der Waals surface area contributed by atoms with Crippen molar-refractivity contribution in [2.24, 2.45) is 5.92 Å². The Morgan fingerprint density at radius 1 is 1.19 bits per heavy atom. The van der Waals surface area contributed by atoms with Crippen molar-refractivity contribution in [1.29, 1.82) is 0 Å². The quantitative estimate of drug-likeness (QED) is 0.342. The summed E-state index contributed by atoms with van der Waals surface area (Å²) in [6.45, 7) is 1.06. The first kappa shape index (κ1) is 24.8. The van der Waals surface area contributed by atoms with Crippen molar-refractivity contribution in [1.82, 2.24) is 19.1 Å². The molecule has 2 aromatic heterocycles. The molecule has 1 fully saturated rings. The molecule has 0 aliphatic carbocycles. The fraction of sp³-hybridized carbons (Fsp3) is 0.292. The average Bonchev–Trinajstić information content (AvgIpc) is 3.55. The molecule has 1 atom stereocenters. The molecule has 8 nitrogen and oxygen atoms in total. The van der Waals surface area contributed by atoms with Crippen molar-refractivity contribution in [3.63, 3.8) is 0 Å². The maximum absolute atomic E-state index is 14.3. The lowest BCUT2D eigenvalue weighted by Gasteiger charge is -2.33. The van der Waals surface area contributed by atoms with Crippen molar-refractivity contribution in [3.8, 4) is 0 Å². The Morgan fingerprint density at radius 3 is 2.72 bits per heavy atom. The van der Waals surface area contributed by atoms with Gasteiger partial charge in [-0.05, 0) is 55.3 Å². The van der Waals surface area contributed by atoms with Gasteiger partial charge in [0, 0.05) is 37.1 Å². The summed E-state index contributed by atoms with van der Waals surface area (Å²) in [6, 6.07) is 12.5. The molecule has 1 saturated heterocycles. The Balaban J connectivity index is 1.42. The summed E-state index contributed by atoms with van der Waals surface area (Å²) in [7, 11) is -3.78. The second-order valence-corrected chi connectivity index (χ2v) is 11.9. The number of hydrogen-bond acceptors (Lipinski definition) is 6. The number of aromatic nitrogens is 3. The molecule has 1 aliphatic heterocycles. The van der Waals surface area contributed by atoms with Crippen LogP contribution in [0.4, 0.5) is 9.52 Å². The lowest BCUT2D eigenvalue weighted by Crippen LogP contribution is -2.47. The summed E-state index contributed by atoms with van der Waals surface area (Å²) in [6.07, 6.45) is 4.54. The Labute approximate surface area is 217 Å². The number of thiazole rings is 1. The van der Waals surface area contributed by atoms with E-state index in [1.54, 1.807) is 35.3 Å². The van der Waals surface area contributed by atoms with E-state index in [1.165, 1.54) is 50.9 Å². The third-order valence-corrected chi connectivity index (χ3v) is 9.33. The van der Waals surface area contributed by atoms with Crippen LogP contribution in [0.1, 0.15) is 12.8 Å². The van der Waals surface area contributed by atoms with E-state index in [2.05, 4.69) is 10.1 Å². The number of carbonyl (C=O) groups excluding carboxylic acids is 1. The van der Waals surface area contributed by atoms with Crippen molar-refractivity contribution < 1.29 is 17.6 Å². The predicted octanol–water partition coefficient (Wildman–Crippen LogP) is 4.42. The maximum Gasteiger partial charge on any atom is 0.243 e. The minimum atomic E-state index is -3.78. The molecule has 36 heavy (non-hydrogen) atoms. The second-order valence-electron chi connectivity index (χ2n) is 8.50. The molecule has 1 amide bonds. The van der Waals surface area contributed by atoms with Crippen LogP contribution < -0.4 is 4.90 Å². The minimum Gasteiger partial charge on any atom is -0.286 e. The standard InChI is InChI=1S/C24H23ClFN5O3S2/c25-18-7-9-19(10-8-18)36(33,34)30-13-2-4-17(16-30)23(32)31(15-14-29-12-3-11-27-29)24-28-22-20(26)5-1-6-21(22)35-24/h1,3,5-12,17H,2,4,13-16H2. The van der Waals surface area contributed by atoms with Gasteiger partial charge in [-0.2, -0.15) is 9.40 Å². The van der Waals surface area contributed by atoms with Crippen LogP contribution >= 0.6 is 22.9 Å². The van der Waals surface area contributed by atoms with E-state index >= 15 is 0 Å². The third-order valence-electron chi connectivity index (χ3n) is 6.15. The highest BCUT2D eigenvalue weighted by Crippen LogP contribution is 2.33. The highest BCUT2D eigenvalue weighted by atomic mass is 35.5. The number of nitrogens with zero attached hydrogens (tertiary/aromatic N) is 5. The van der Waals surface area contributed by atoms with Gasteiger partial charge in [-0.3, -0.25) is 14.4 Å². The molecule has 188 valence electrons. The predicted molar refractivity (Wildman–Crippen MR) is 137 cm³/mol. The van der Waals surface area contributed by atoms with E-state index in [4.69, 9.17) is 11.6 Å². The van der Waals surface area contributed by atoms with E-state index in [-0.39, 0.29) is 29.4 Å². The number of piperidine rings is 1.